The molecule has 2 heterocycles. The fourth-order valence-electron chi connectivity index (χ4n) is 11.6. The van der Waals surface area contributed by atoms with E-state index in [1.54, 1.807) is 0 Å². The van der Waals surface area contributed by atoms with Gasteiger partial charge in [0.2, 0.25) is 0 Å². The second-order valence-electron chi connectivity index (χ2n) is 18.5. The Labute approximate surface area is 386 Å². The van der Waals surface area contributed by atoms with Crippen LogP contribution in [0, 0.1) is 0 Å². The van der Waals surface area contributed by atoms with E-state index < -0.39 is 5.41 Å². The summed E-state index contributed by atoms with van der Waals surface area (Å²) < 4.78 is 2.52. The van der Waals surface area contributed by atoms with Crippen LogP contribution < -0.4 is 4.90 Å². The molecule has 0 saturated carbocycles. The van der Waals surface area contributed by atoms with Crippen molar-refractivity contribution < 1.29 is 0 Å². The molecule has 0 amide bonds. The van der Waals surface area contributed by atoms with Gasteiger partial charge in [-0.15, -0.1) is 0 Å². The van der Waals surface area contributed by atoms with Crippen molar-refractivity contribution in [1.82, 2.24) is 4.57 Å². The molecule has 1 aromatic heterocycles. The van der Waals surface area contributed by atoms with Crippen molar-refractivity contribution in [1.29, 1.82) is 0 Å². The Morgan fingerprint density at radius 1 is 0.348 bits per heavy atom. The molecule has 1 aliphatic carbocycles. The third kappa shape index (κ3) is 5.55. The molecule has 0 N–H and O–H groups in total. The second-order valence-corrected chi connectivity index (χ2v) is 18.5. The van der Waals surface area contributed by atoms with Crippen LogP contribution in [0.5, 0.6) is 0 Å². The molecule has 2 nitrogen and oxygen atoms in total. The van der Waals surface area contributed by atoms with Crippen molar-refractivity contribution in [3.8, 4) is 39.1 Å². The number of fused-ring (bicyclic) bond motifs is 8. The van der Waals surface area contributed by atoms with Gasteiger partial charge in [0.15, 0.2) is 0 Å². The number of nitrogens with zero attached hydrogens (tertiary/aromatic N) is 2. The molecule has 13 rings (SSSR count). The first-order valence-corrected chi connectivity index (χ1v) is 23.1. The molecule has 2 heteroatoms. The number of aromatic nitrogens is 1. The fraction of sp³-hybridized carbons (Fsp3) is 0.0625. The van der Waals surface area contributed by atoms with Gasteiger partial charge in [0, 0.05) is 33.2 Å². The number of benzene rings is 10. The molecule has 0 saturated heterocycles. The van der Waals surface area contributed by atoms with Gasteiger partial charge >= 0.3 is 0 Å². The minimum Gasteiger partial charge on any atom is -0.310 e. The normalized spacial score (nSPS) is 13.8. The molecular formula is C64H46N2. The topological polar surface area (TPSA) is 8.17 Å². The predicted molar refractivity (Wildman–Crippen MR) is 276 cm³/mol. The Morgan fingerprint density at radius 3 is 1.55 bits per heavy atom. The van der Waals surface area contributed by atoms with Gasteiger partial charge in [-0.3, -0.25) is 0 Å². The summed E-state index contributed by atoms with van der Waals surface area (Å²) in [5.74, 6) is 0. The maximum atomic E-state index is 2.52. The maximum absolute atomic E-state index is 2.52. The highest BCUT2D eigenvalue weighted by molar-refractivity contribution is 6.13. The van der Waals surface area contributed by atoms with E-state index in [0.717, 1.165) is 17.1 Å². The van der Waals surface area contributed by atoms with Crippen molar-refractivity contribution in [2.75, 3.05) is 4.90 Å². The summed E-state index contributed by atoms with van der Waals surface area (Å²) in [5, 5.41) is 2.51. The quantitative estimate of drug-likeness (QED) is 0.155. The lowest BCUT2D eigenvalue weighted by atomic mass is 9.63. The standard InChI is InChI=1S/C64H46N2/c1-63(2)56-25-13-12-23-52(56)53-39-38-51(42-59(53)63)65(49-34-29-44(30-35-49)43-17-6-3-7-18-43)50-36-31-45(32-37-50)46-33-40-60-55(41-46)54-24-16-27-58-62(54)66(60)61-28-15-14-26-57(61)64(58,47-19-8-4-9-20-47)48-21-10-5-11-22-48/h3-42H,1-2H3. The first-order valence-electron chi connectivity index (χ1n) is 23.1. The highest BCUT2D eigenvalue weighted by Crippen LogP contribution is 2.55. The lowest BCUT2D eigenvalue weighted by molar-refractivity contribution is 0.660. The molecule has 0 fully saturated rings. The zero-order valence-electron chi connectivity index (χ0n) is 37.0. The van der Waals surface area contributed by atoms with E-state index >= 15 is 0 Å². The lowest BCUT2D eigenvalue weighted by Gasteiger charge is -2.41. The van der Waals surface area contributed by atoms with Crippen LogP contribution >= 0.6 is 0 Å². The molecule has 10 aromatic carbocycles. The number of rotatable bonds is 7. The summed E-state index contributed by atoms with van der Waals surface area (Å²) >= 11 is 0. The molecule has 0 spiro atoms. The monoisotopic (exact) mass is 842 g/mol. The second kappa shape index (κ2) is 14.7. The zero-order chi connectivity index (χ0) is 44.0. The van der Waals surface area contributed by atoms with E-state index in [2.05, 4.69) is 266 Å². The summed E-state index contributed by atoms with van der Waals surface area (Å²) in [6, 6.07) is 89.9. The molecule has 0 atom stereocenters. The van der Waals surface area contributed by atoms with Gasteiger partial charge in [-0.1, -0.05) is 202 Å². The highest BCUT2D eigenvalue weighted by atomic mass is 15.1. The largest absolute Gasteiger partial charge is 0.310 e. The van der Waals surface area contributed by atoms with Crippen molar-refractivity contribution in [2.45, 2.75) is 24.7 Å². The summed E-state index contributed by atoms with van der Waals surface area (Å²) in [6.45, 7) is 4.72. The average molecular weight is 843 g/mol. The van der Waals surface area contributed by atoms with Gasteiger partial charge in [-0.05, 0) is 121 Å². The molecule has 11 aromatic rings. The Balaban J connectivity index is 0.945. The number of hydrogen-bond donors (Lipinski definition) is 0. The van der Waals surface area contributed by atoms with Crippen LogP contribution in [0.1, 0.15) is 47.2 Å². The van der Waals surface area contributed by atoms with Gasteiger partial charge in [-0.2, -0.15) is 0 Å². The molecule has 66 heavy (non-hydrogen) atoms. The SMILES string of the molecule is CC1(C)c2ccccc2-c2ccc(N(c3ccc(-c4ccccc4)cc3)c3ccc(-c4ccc5c(c4)c4cccc6c4n5-c4ccccc4C6(c4ccccc4)c4ccccc4)cc3)cc21. The van der Waals surface area contributed by atoms with Crippen molar-refractivity contribution in [2.24, 2.45) is 0 Å². The van der Waals surface area contributed by atoms with E-state index in [1.165, 1.54) is 94.3 Å². The fourth-order valence-corrected chi connectivity index (χ4v) is 11.6. The van der Waals surface area contributed by atoms with Crippen LogP contribution in [-0.2, 0) is 10.8 Å². The summed E-state index contributed by atoms with van der Waals surface area (Å²) in [6.07, 6.45) is 0. The van der Waals surface area contributed by atoms with Crippen LogP contribution in [0.2, 0.25) is 0 Å². The van der Waals surface area contributed by atoms with Gasteiger partial charge in [-0.25, -0.2) is 0 Å². The first kappa shape index (κ1) is 38.3. The van der Waals surface area contributed by atoms with Crippen molar-refractivity contribution in [3.05, 3.63) is 276 Å². The Bertz CT molecular complexity index is 3600. The number of anilines is 3. The van der Waals surface area contributed by atoms with Crippen LogP contribution in [0.3, 0.4) is 0 Å². The summed E-state index contributed by atoms with van der Waals surface area (Å²) in [5.41, 5.74) is 21.8. The van der Waals surface area contributed by atoms with E-state index in [4.69, 9.17) is 0 Å². The van der Waals surface area contributed by atoms with Crippen molar-refractivity contribution >= 4 is 38.9 Å². The van der Waals surface area contributed by atoms with Crippen molar-refractivity contribution in [3.63, 3.8) is 0 Å². The summed E-state index contributed by atoms with van der Waals surface area (Å²) in [7, 11) is 0. The zero-order valence-corrected chi connectivity index (χ0v) is 37.0. The third-order valence-electron chi connectivity index (χ3n) is 14.7. The van der Waals surface area contributed by atoms with Gasteiger partial charge in [0.05, 0.1) is 22.1 Å². The third-order valence-corrected chi connectivity index (χ3v) is 14.7. The van der Waals surface area contributed by atoms with Crippen LogP contribution in [0.15, 0.2) is 243 Å². The Hall–Kier alpha value is -8.20. The minimum absolute atomic E-state index is 0.108. The highest BCUT2D eigenvalue weighted by Gasteiger charge is 2.45. The molecule has 312 valence electrons. The van der Waals surface area contributed by atoms with E-state index in [-0.39, 0.29) is 5.41 Å². The molecule has 0 radical (unpaired) electrons. The molecule has 2 aliphatic rings. The van der Waals surface area contributed by atoms with Crippen LogP contribution in [0.4, 0.5) is 17.1 Å². The van der Waals surface area contributed by atoms with Gasteiger partial charge in [0.25, 0.3) is 0 Å². The predicted octanol–water partition coefficient (Wildman–Crippen LogP) is 16.6. The summed E-state index contributed by atoms with van der Waals surface area (Å²) in [4.78, 5) is 2.41. The maximum Gasteiger partial charge on any atom is 0.0742 e. The van der Waals surface area contributed by atoms with Crippen LogP contribution in [0.25, 0.3) is 60.9 Å². The van der Waals surface area contributed by atoms with E-state index in [0.29, 0.717) is 0 Å². The molecule has 0 bridgehead atoms. The molecular weight excluding hydrogens is 797 g/mol. The van der Waals surface area contributed by atoms with E-state index in [1.807, 2.05) is 0 Å². The van der Waals surface area contributed by atoms with E-state index in [9.17, 15) is 0 Å². The van der Waals surface area contributed by atoms with Gasteiger partial charge in [0.1, 0.15) is 0 Å². The lowest BCUT2D eigenvalue weighted by Crippen LogP contribution is -2.35. The Kier molecular flexibility index (Phi) is 8.51. The molecule has 1 aliphatic heterocycles. The average Bonchev–Trinajstić information content (AvgIpc) is 3.84. The smallest absolute Gasteiger partial charge is 0.0742 e. The first-order chi connectivity index (χ1) is 32.5. The van der Waals surface area contributed by atoms with Crippen LogP contribution in [-0.4, -0.2) is 4.57 Å². The van der Waals surface area contributed by atoms with Gasteiger partial charge < -0.3 is 9.47 Å². The Morgan fingerprint density at radius 2 is 0.864 bits per heavy atom. The minimum atomic E-state index is -0.492. The number of hydrogen-bond acceptors (Lipinski definition) is 1. The molecule has 0 unspecified atom stereocenters. The number of para-hydroxylation sites is 2.